The second kappa shape index (κ2) is 4.94. The van der Waals surface area contributed by atoms with Gasteiger partial charge in [0.2, 0.25) is 0 Å². The second-order valence-electron chi connectivity index (χ2n) is 4.26. The van der Waals surface area contributed by atoms with E-state index < -0.39 is 0 Å². The number of halogens is 1. The minimum Gasteiger partial charge on any atom is -0.504 e. The molecule has 0 amide bonds. The molecule has 3 rings (SSSR count). The zero-order valence-electron chi connectivity index (χ0n) is 10.7. The van der Waals surface area contributed by atoms with Crippen LogP contribution in [0.2, 0.25) is 5.02 Å². The number of nitrogens with zero attached hydrogens (tertiary/aromatic N) is 4. The molecule has 0 bridgehead atoms. The van der Waals surface area contributed by atoms with Crippen molar-refractivity contribution in [3.8, 4) is 5.75 Å². The third kappa shape index (κ3) is 2.12. The van der Waals surface area contributed by atoms with E-state index in [1.54, 1.807) is 34.9 Å². The summed E-state index contributed by atoms with van der Waals surface area (Å²) in [6.45, 7) is 1.81. The Hall–Kier alpha value is -2.40. The van der Waals surface area contributed by atoms with E-state index in [2.05, 4.69) is 15.2 Å². The van der Waals surface area contributed by atoms with Crippen molar-refractivity contribution in [2.45, 2.75) is 6.92 Å². The smallest absolute Gasteiger partial charge is 0.182 e. The molecule has 0 aliphatic rings. The lowest BCUT2D eigenvalue weighted by Gasteiger charge is -1.98. The van der Waals surface area contributed by atoms with Crippen LogP contribution in [0.5, 0.6) is 5.75 Å². The van der Waals surface area contributed by atoms with Crippen LogP contribution in [0.3, 0.4) is 0 Å². The summed E-state index contributed by atoms with van der Waals surface area (Å²) in [5, 5.41) is 18.6. The molecule has 3 aromatic rings. The van der Waals surface area contributed by atoms with Crippen LogP contribution >= 0.6 is 11.6 Å². The lowest BCUT2D eigenvalue weighted by atomic mass is 10.3. The standard InChI is InChI=1S/C14H11ClN4O/c1-9-13(18-17-11-6-3-2-5-10(11)15)19-8-4-7-12(20)14(19)16-9/h2-8,20H,1H3. The van der Waals surface area contributed by atoms with Gasteiger partial charge >= 0.3 is 0 Å². The first kappa shape index (κ1) is 12.6. The summed E-state index contributed by atoms with van der Waals surface area (Å²) in [6.07, 6.45) is 1.77. The maximum absolute atomic E-state index is 9.76. The molecule has 100 valence electrons. The molecule has 0 radical (unpaired) electrons. The summed E-state index contributed by atoms with van der Waals surface area (Å²) < 4.78 is 1.69. The summed E-state index contributed by atoms with van der Waals surface area (Å²) in [4.78, 5) is 4.27. The summed E-state index contributed by atoms with van der Waals surface area (Å²) in [7, 11) is 0. The lowest BCUT2D eigenvalue weighted by molar-refractivity contribution is 0.477. The molecule has 6 heteroatoms. The number of pyridine rings is 1. The Morgan fingerprint density at radius 1 is 1.15 bits per heavy atom. The van der Waals surface area contributed by atoms with Gasteiger partial charge in [-0.25, -0.2) is 4.98 Å². The molecule has 20 heavy (non-hydrogen) atoms. The largest absolute Gasteiger partial charge is 0.504 e. The van der Waals surface area contributed by atoms with Crippen molar-refractivity contribution in [2.75, 3.05) is 0 Å². The number of hydrogen-bond acceptors (Lipinski definition) is 4. The van der Waals surface area contributed by atoms with Gasteiger partial charge in [-0.15, -0.1) is 10.2 Å². The first-order valence-electron chi connectivity index (χ1n) is 6.00. The Morgan fingerprint density at radius 3 is 2.75 bits per heavy atom. The number of aromatic nitrogens is 2. The first-order valence-corrected chi connectivity index (χ1v) is 6.37. The van der Waals surface area contributed by atoms with Crippen molar-refractivity contribution in [1.29, 1.82) is 0 Å². The Morgan fingerprint density at radius 2 is 1.95 bits per heavy atom. The molecule has 0 saturated heterocycles. The third-order valence-electron chi connectivity index (χ3n) is 2.88. The average molecular weight is 287 g/mol. The Bertz CT molecular complexity index is 810. The van der Waals surface area contributed by atoms with E-state index in [9.17, 15) is 5.11 Å². The van der Waals surface area contributed by atoms with Gasteiger partial charge in [-0.1, -0.05) is 23.7 Å². The quantitative estimate of drug-likeness (QED) is 0.709. The number of imidazole rings is 1. The highest BCUT2D eigenvalue weighted by Crippen LogP contribution is 2.29. The van der Waals surface area contributed by atoms with Crippen LogP contribution in [0.4, 0.5) is 11.5 Å². The predicted molar refractivity (Wildman–Crippen MR) is 77.2 cm³/mol. The van der Waals surface area contributed by atoms with Gasteiger partial charge < -0.3 is 5.11 Å². The molecular weight excluding hydrogens is 276 g/mol. The predicted octanol–water partition coefficient (Wildman–Crippen LogP) is 4.42. The Labute approximate surface area is 120 Å². The van der Waals surface area contributed by atoms with E-state index in [1.807, 2.05) is 19.1 Å². The van der Waals surface area contributed by atoms with E-state index in [-0.39, 0.29) is 5.75 Å². The van der Waals surface area contributed by atoms with E-state index in [4.69, 9.17) is 11.6 Å². The van der Waals surface area contributed by atoms with Crippen molar-refractivity contribution >= 4 is 28.8 Å². The van der Waals surface area contributed by atoms with Crippen LogP contribution in [-0.2, 0) is 0 Å². The van der Waals surface area contributed by atoms with E-state index in [1.165, 1.54) is 0 Å². The molecule has 2 heterocycles. The fourth-order valence-electron chi connectivity index (χ4n) is 1.91. The van der Waals surface area contributed by atoms with Crippen molar-refractivity contribution in [3.63, 3.8) is 0 Å². The van der Waals surface area contributed by atoms with Gasteiger partial charge in [0.05, 0.1) is 10.7 Å². The van der Waals surface area contributed by atoms with Crippen LogP contribution in [0.1, 0.15) is 5.69 Å². The number of fused-ring (bicyclic) bond motifs is 1. The SMILES string of the molecule is Cc1nc2c(O)cccn2c1N=Nc1ccccc1Cl. The highest BCUT2D eigenvalue weighted by molar-refractivity contribution is 6.32. The molecule has 0 aliphatic carbocycles. The van der Waals surface area contributed by atoms with Crippen LogP contribution in [-0.4, -0.2) is 14.5 Å². The lowest BCUT2D eigenvalue weighted by Crippen LogP contribution is -1.82. The van der Waals surface area contributed by atoms with E-state index in [0.29, 0.717) is 27.9 Å². The topological polar surface area (TPSA) is 62.2 Å². The fraction of sp³-hybridized carbons (Fsp3) is 0.0714. The number of hydrogen-bond donors (Lipinski definition) is 1. The van der Waals surface area contributed by atoms with Crippen molar-refractivity contribution in [2.24, 2.45) is 10.2 Å². The summed E-state index contributed by atoms with van der Waals surface area (Å²) in [6, 6.07) is 10.5. The molecule has 0 unspecified atom stereocenters. The van der Waals surface area contributed by atoms with Crippen molar-refractivity contribution < 1.29 is 5.11 Å². The van der Waals surface area contributed by atoms with Gasteiger partial charge in [0.15, 0.2) is 17.2 Å². The van der Waals surface area contributed by atoms with Crippen molar-refractivity contribution in [3.05, 3.63) is 53.3 Å². The minimum atomic E-state index is 0.106. The average Bonchev–Trinajstić information content (AvgIpc) is 2.76. The molecule has 0 saturated carbocycles. The fourth-order valence-corrected chi connectivity index (χ4v) is 2.08. The van der Waals surface area contributed by atoms with Crippen LogP contribution in [0.25, 0.3) is 5.65 Å². The molecule has 0 aliphatic heterocycles. The van der Waals surface area contributed by atoms with E-state index in [0.717, 1.165) is 0 Å². The van der Waals surface area contributed by atoms with Gasteiger partial charge in [-0.3, -0.25) is 4.40 Å². The number of aryl methyl sites for hydroxylation is 1. The zero-order chi connectivity index (χ0) is 14.1. The van der Waals surface area contributed by atoms with Crippen LogP contribution < -0.4 is 0 Å². The van der Waals surface area contributed by atoms with Crippen LogP contribution in [0, 0.1) is 6.92 Å². The maximum Gasteiger partial charge on any atom is 0.182 e. The van der Waals surface area contributed by atoms with Crippen molar-refractivity contribution in [1.82, 2.24) is 9.38 Å². The first-order chi connectivity index (χ1) is 9.66. The molecule has 1 N–H and O–H groups in total. The Kier molecular flexibility index (Phi) is 3.12. The number of aromatic hydroxyl groups is 1. The van der Waals surface area contributed by atoms with E-state index >= 15 is 0 Å². The third-order valence-corrected chi connectivity index (χ3v) is 3.20. The Balaban J connectivity index is 2.10. The number of benzene rings is 1. The molecule has 5 nitrogen and oxygen atoms in total. The van der Waals surface area contributed by atoms with Gasteiger partial charge in [-0.2, -0.15) is 0 Å². The number of azo groups is 1. The van der Waals surface area contributed by atoms with Gasteiger partial charge in [0, 0.05) is 6.20 Å². The molecular formula is C14H11ClN4O. The molecule has 0 spiro atoms. The number of rotatable bonds is 2. The van der Waals surface area contributed by atoms with Crippen LogP contribution in [0.15, 0.2) is 52.8 Å². The molecule has 1 aromatic carbocycles. The molecule has 2 aromatic heterocycles. The monoisotopic (exact) mass is 286 g/mol. The highest BCUT2D eigenvalue weighted by Gasteiger charge is 2.10. The second-order valence-corrected chi connectivity index (χ2v) is 4.67. The zero-order valence-corrected chi connectivity index (χ0v) is 11.4. The van der Waals surface area contributed by atoms with Gasteiger partial charge in [-0.05, 0) is 31.2 Å². The summed E-state index contributed by atoms with van der Waals surface area (Å²) >= 11 is 6.03. The minimum absolute atomic E-state index is 0.106. The summed E-state index contributed by atoms with van der Waals surface area (Å²) in [5.74, 6) is 0.672. The summed E-state index contributed by atoms with van der Waals surface area (Å²) in [5.41, 5.74) is 1.73. The van der Waals surface area contributed by atoms with Gasteiger partial charge in [0.25, 0.3) is 0 Å². The normalized spacial score (nSPS) is 11.5. The molecule has 0 atom stereocenters. The van der Waals surface area contributed by atoms with Gasteiger partial charge in [0.1, 0.15) is 5.69 Å². The maximum atomic E-state index is 9.76. The molecule has 0 fully saturated rings. The highest BCUT2D eigenvalue weighted by atomic mass is 35.5.